The van der Waals surface area contributed by atoms with Gasteiger partial charge in [0.25, 0.3) is 0 Å². The molecule has 2 unspecified atom stereocenters. The van der Waals surface area contributed by atoms with Crippen LogP contribution in [0.2, 0.25) is 0 Å². The average molecular weight is 197 g/mol. The van der Waals surface area contributed by atoms with Gasteiger partial charge in [-0.2, -0.15) is 0 Å². The highest BCUT2D eigenvalue weighted by molar-refractivity contribution is 5.82. The van der Waals surface area contributed by atoms with Crippen LogP contribution in [0.5, 0.6) is 0 Å². The fraction of sp³-hybridized carbons (Fsp3) is 0.909. The fourth-order valence-corrected chi connectivity index (χ4v) is 2.23. The lowest BCUT2D eigenvalue weighted by Crippen LogP contribution is -2.58. The Bertz CT molecular complexity index is 236. The maximum atomic E-state index is 12.1. The molecule has 14 heavy (non-hydrogen) atoms. The minimum Gasteiger partial charge on any atom is -0.374 e. The largest absolute Gasteiger partial charge is 0.374 e. The van der Waals surface area contributed by atoms with E-state index in [1.165, 1.54) is 0 Å². The molecule has 3 rings (SSSR count). The van der Waals surface area contributed by atoms with E-state index in [-0.39, 0.29) is 11.3 Å². The summed E-state index contributed by atoms with van der Waals surface area (Å²) in [5.74, 6) is 0.274. The molecule has 2 bridgehead atoms. The first kappa shape index (κ1) is 9.97. The van der Waals surface area contributed by atoms with Gasteiger partial charge in [0.05, 0.1) is 18.8 Å². The van der Waals surface area contributed by atoms with Gasteiger partial charge in [0.1, 0.15) is 0 Å². The molecule has 3 fully saturated rings. The number of morpholine rings is 1. The number of nitrogens with zero attached hydrogens (tertiary/aromatic N) is 1. The van der Waals surface area contributed by atoms with Crippen molar-refractivity contribution in [2.45, 2.75) is 45.8 Å². The third-order valence-electron chi connectivity index (χ3n) is 3.09. The maximum Gasteiger partial charge on any atom is 0.228 e. The second kappa shape index (κ2) is 3.23. The zero-order valence-corrected chi connectivity index (χ0v) is 9.25. The highest BCUT2D eigenvalue weighted by atomic mass is 16.5. The Balaban J connectivity index is 2.09. The van der Waals surface area contributed by atoms with Gasteiger partial charge in [-0.05, 0) is 12.8 Å². The molecule has 0 spiro atoms. The highest BCUT2D eigenvalue weighted by Gasteiger charge is 2.40. The van der Waals surface area contributed by atoms with Crippen molar-refractivity contribution in [3.63, 3.8) is 0 Å². The SMILES string of the molecule is CC(C)(C)C(=O)N1CC2CCC1CO2. The van der Waals surface area contributed by atoms with Gasteiger partial charge in [0.2, 0.25) is 5.91 Å². The lowest BCUT2D eigenvalue weighted by Gasteiger charge is -2.47. The fourth-order valence-electron chi connectivity index (χ4n) is 2.23. The summed E-state index contributed by atoms with van der Waals surface area (Å²) >= 11 is 0. The molecule has 3 aliphatic rings. The zero-order valence-electron chi connectivity index (χ0n) is 9.25. The number of amides is 1. The van der Waals surface area contributed by atoms with Gasteiger partial charge in [-0.3, -0.25) is 4.79 Å². The molecule has 3 heteroatoms. The van der Waals surface area contributed by atoms with Crippen LogP contribution in [-0.4, -0.2) is 36.1 Å². The van der Waals surface area contributed by atoms with Crippen molar-refractivity contribution in [2.75, 3.05) is 13.2 Å². The number of fused-ring (bicyclic) bond motifs is 3. The Labute approximate surface area is 85.4 Å². The highest BCUT2D eigenvalue weighted by Crippen LogP contribution is 2.30. The van der Waals surface area contributed by atoms with Gasteiger partial charge in [-0.1, -0.05) is 20.8 Å². The van der Waals surface area contributed by atoms with Gasteiger partial charge in [-0.25, -0.2) is 0 Å². The molecule has 3 aliphatic heterocycles. The van der Waals surface area contributed by atoms with E-state index >= 15 is 0 Å². The predicted octanol–water partition coefficient (Wildman–Crippen LogP) is 1.42. The van der Waals surface area contributed by atoms with Crippen LogP contribution in [-0.2, 0) is 9.53 Å². The van der Waals surface area contributed by atoms with Crippen LogP contribution in [0.15, 0.2) is 0 Å². The molecule has 80 valence electrons. The number of ether oxygens (including phenoxy) is 1. The molecule has 0 aromatic carbocycles. The molecule has 0 aromatic heterocycles. The first-order valence-electron chi connectivity index (χ1n) is 5.41. The lowest BCUT2D eigenvalue weighted by molar-refractivity contribution is -0.162. The van der Waals surface area contributed by atoms with Crippen LogP contribution in [0.1, 0.15) is 33.6 Å². The van der Waals surface area contributed by atoms with Crippen molar-refractivity contribution in [2.24, 2.45) is 5.41 Å². The number of carbonyl (C=O) groups is 1. The van der Waals surface area contributed by atoms with E-state index in [1.807, 2.05) is 25.7 Å². The van der Waals surface area contributed by atoms with E-state index in [2.05, 4.69) is 0 Å². The Hall–Kier alpha value is -0.570. The van der Waals surface area contributed by atoms with E-state index < -0.39 is 0 Å². The van der Waals surface area contributed by atoms with Crippen LogP contribution in [0.25, 0.3) is 0 Å². The zero-order chi connectivity index (χ0) is 10.3. The van der Waals surface area contributed by atoms with Crippen LogP contribution in [0.3, 0.4) is 0 Å². The van der Waals surface area contributed by atoms with Crippen molar-refractivity contribution in [1.29, 1.82) is 0 Å². The number of piperidine rings is 1. The van der Waals surface area contributed by atoms with Crippen molar-refractivity contribution in [3.05, 3.63) is 0 Å². The molecular formula is C11H19NO2. The Morgan fingerprint density at radius 2 is 2.07 bits per heavy atom. The third-order valence-corrected chi connectivity index (χ3v) is 3.09. The molecule has 0 saturated carbocycles. The molecule has 1 amide bonds. The summed E-state index contributed by atoms with van der Waals surface area (Å²) in [4.78, 5) is 14.1. The van der Waals surface area contributed by atoms with Crippen LogP contribution in [0.4, 0.5) is 0 Å². The minimum atomic E-state index is -0.252. The smallest absolute Gasteiger partial charge is 0.228 e. The quantitative estimate of drug-likeness (QED) is 0.588. The maximum absolute atomic E-state index is 12.1. The number of hydrogen-bond donors (Lipinski definition) is 0. The van der Waals surface area contributed by atoms with E-state index in [1.54, 1.807) is 0 Å². The molecule has 0 radical (unpaired) electrons. The van der Waals surface area contributed by atoms with Crippen molar-refractivity contribution >= 4 is 5.91 Å². The van der Waals surface area contributed by atoms with E-state index in [4.69, 9.17) is 4.74 Å². The van der Waals surface area contributed by atoms with Gasteiger partial charge in [-0.15, -0.1) is 0 Å². The third kappa shape index (κ3) is 1.65. The first-order chi connectivity index (χ1) is 6.48. The molecule has 0 N–H and O–H groups in total. The summed E-state index contributed by atoms with van der Waals surface area (Å²) in [7, 11) is 0. The first-order valence-corrected chi connectivity index (χ1v) is 5.41. The summed E-state index contributed by atoms with van der Waals surface area (Å²) in [5, 5.41) is 0. The number of rotatable bonds is 0. The molecular weight excluding hydrogens is 178 g/mol. The topological polar surface area (TPSA) is 29.5 Å². The van der Waals surface area contributed by atoms with E-state index in [9.17, 15) is 4.79 Å². The van der Waals surface area contributed by atoms with Crippen LogP contribution < -0.4 is 0 Å². The van der Waals surface area contributed by atoms with Crippen molar-refractivity contribution in [3.8, 4) is 0 Å². The summed E-state index contributed by atoms with van der Waals surface area (Å²) < 4.78 is 5.58. The number of carbonyl (C=O) groups excluding carboxylic acids is 1. The van der Waals surface area contributed by atoms with Crippen LogP contribution >= 0.6 is 0 Å². The van der Waals surface area contributed by atoms with Gasteiger partial charge < -0.3 is 9.64 Å². The van der Waals surface area contributed by atoms with Gasteiger partial charge >= 0.3 is 0 Å². The van der Waals surface area contributed by atoms with E-state index in [0.29, 0.717) is 12.1 Å². The lowest BCUT2D eigenvalue weighted by atomic mass is 9.90. The Kier molecular flexibility index (Phi) is 2.30. The van der Waals surface area contributed by atoms with E-state index in [0.717, 1.165) is 26.0 Å². The summed E-state index contributed by atoms with van der Waals surface area (Å²) in [6.07, 6.45) is 2.54. The van der Waals surface area contributed by atoms with Gasteiger partial charge in [0.15, 0.2) is 0 Å². The normalized spacial score (nSPS) is 32.1. The van der Waals surface area contributed by atoms with Crippen molar-refractivity contribution < 1.29 is 9.53 Å². The van der Waals surface area contributed by atoms with Gasteiger partial charge in [0, 0.05) is 12.0 Å². The molecule has 0 aromatic rings. The summed E-state index contributed by atoms with van der Waals surface area (Å²) in [6.45, 7) is 7.50. The number of hydrogen-bond acceptors (Lipinski definition) is 2. The monoisotopic (exact) mass is 197 g/mol. The summed E-state index contributed by atoms with van der Waals surface area (Å²) in [5.41, 5.74) is -0.252. The predicted molar refractivity (Wildman–Crippen MR) is 53.9 cm³/mol. The Morgan fingerprint density at radius 1 is 1.36 bits per heavy atom. The molecule has 0 aliphatic carbocycles. The second-order valence-corrected chi connectivity index (χ2v) is 5.39. The summed E-state index contributed by atoms with van der Waals surface area (Å²) in [6, 6.07) is 0.340. The standard InChI is InChI=1S/C11H19NO2/c1-11(2,3)10(13)12-6-9-5-4-8(12)7-14-9/h8-9H,4-7H2,1-3H3. The average Bonchev–Trinajstić information content (AvgIpc) is 2.17. The van der Waals surface area contributed by atoms with Crippen molar-refractivity contribution in [1.82, 2.24) is 4.90 Å². The Morgan fingerprint density at radius 3 is 2.43 bits per heavy atom. The van der Waals surface area contributed by atoms with Crippen LogP contribution in [0, 0.1) is 5.41 Å². The second-order valence-electron chi connectivity index (χ2n) is 5.39. The molecule has 2 atom stereocenters. The molecule has 3 saturated heterocycles. The molecule has 3 nitrogen and oxygen atoms in total. The minimum absolute atomic E-state index is 0.252. The molecule has 3 heterocycles.